The zero-order valence-electron chi connectivity index (χ0n) is 16.2. The molecule has 2 aromatic rings. The van der Waals surface area contributed by atoms with Gasteiger partial charge in [0.05, 0.1) is 17.7 Å². The number of hydrogen-bond acceptors (Lipinski definition) is 6. The highest BCUT2D eigenvalue weighted by Crippen LogP contribution is 2.26. The van der Waals surface area contributed by atoms with Crippen molar-refractivity contribution in [3.8, 4) is 0 Å². The number of nitrogens with zero attached hydrogens (tertiary/aromatic N) is 2. The fourth-order valence-corrected chi connectivity index (χ4v) is 3.56. The molecule has 1 aromatic carbocycles. The summed E-state index contributed by atoms with van der Waals surface area (Å²) >= 11 is 1.39. The molecule has 9 nitrogen and oxygen atoms in total. The van der Waals surface area contributed by atoms with Gasteiger partial charge in [0.15, 0.2) is 5.13 Å². The van der Waals surface area contributed by atoms with Crippen molar-refractivity contribution < 1.29 is 19.5 Å². The Morgan fingerprint density at radius 1 is 1.17 bits per heavy atom. The number of carboxylic acid groups (broad SMARTS) is 1. The van der Waals surface area contributed by atoms with E-state index >= 15 is 0 Å². The molecule has 1 heterocycles. The number of carbonyl (C=O) groups is 3. The lowest BCUT2D eigenvalue weighted by molar-refractivity contribution is -0.120. The molecule has 3 amide bonds. The monoisotopic (exact) mass is 417 g/mol. The van der Waals surface area contributed by atoms with E-state index < -0.39 is 6.09 Å². The molecule has 0 radical (unpaired) electrons. The molecule has 0 saturated carbocycles. The first-order valence-corrected chi connectivity index (χ1v) is 9.76. The number of aromatic nitrogens is 1. The van der Waals surface area contributed by atoms with Gasteiger partial charge in [-0.25, -0.2) is 14.8 Å². The fraction of sp³-hybridized carbons (Fsp3) is 0.316. The van der Waals surface area contributed by atoms with Crippen LogP contribution in [0.3, 0.4) is 0 Å². The predicted molar refractivity (Wildman–Crippen MR) is 112 cm³/mol. The number of benzene rings is 1. The van der Waals surface area contributed by atoms with Gasteiger partial charge in [-0.15, -0.1) is 11.3 Å². The van der Waals surface area contributed by atoms with Crippen molar-refractivity contribution in [3.05, 3.63) is 40.4 Å². The number of hydrogen-bond donors (Lipinski definition) is 4. The Hall–Kier alpha value is -3.27. The standard InChI is InChI=1S/C19H23N5O4S/c1-12(25)23-18-24-15(16(29-18)9-10-17(26)20-2)8-5-13-3-6-14(7-4-13)21-11-22-19(27)28/h3-4,6-7,11H,5,8-10H2,1-2H3,(H,20,26)(H,21,22)(H,27,28)(H,23,24,25). The predicted octanol–water partition coefficient (Wildman–Crippen LogP) is 2.49. The quantitative estimate of drug-likeness (QED) is 0.367. The SMILES string of the molecule is CNC(=O)CCc1sc(NC(C)=O)nc1CCc1ccc(N=CNC(=O)O)cc1. The van der Waals surface area contributed by atoms with Crippen molar-refractivity contribution >= 4 is 46.4 Å². The van der Waals surface area contributed by atoms with Crippen LogP contribution in [0, 0.1) is 0 Å². The lowest BCUT2D eigenvalue weighted by atomic mass is 10.1. The van der Waals surface area contributed by atoms with Crippen molar-refractivity contribution in [3.63, 3.8) is 0 Å². The van der Waals surface area contributed by atoms with Crippen LogP contribution in [0.1, 0.15) is 29.5 Å². The van der Waals surface area contributed by atoms with E-state index in [1.54, 1.807) is 19.2 Å². The Balaban J connectivity index is 2.02. The second kappa shape index (κ2) is 10.9. The maximum absolute atomic E-state index is 11.6. The van der Waals surface area contributed by atoms with Gasteiger partial charge in [-0.3, -0.25) is 14.9 Å². The summed E-state index contributed by atoms with van der Waals surface area (Å²) in [6.45, 7) is 1.43. The average molecular weight is 417 g/mol. The van der Waals surface area contributed by atoms with Gasteiger partial charge in [0, 0.05) is 25.3 Å². The second-order valence-corrected chi connectivity index (χ2v) is 7.20. The minimum atomic E-state index is -1.17. The van der Waals surface area contributed by atoms with Crippen molar-refractivity contribution in [1.29, 1.82) is 0 Å². The molecule has 0 atom stereocenters. The van der Waals surface area contributed by atoms with Crippen LogP contribution in [0.15, 0.2) is 29.3 Å². The zero-order valence-corrected chi connectivity index (χ0v) is 17.0. The zero-order chi connectivity index (χ0) is 21.2. The number of aliphatic imine (C=N–C) groups is 1. The molecule has 10 heteroatoms. The van der Waals surface area contributed by atoms with Crippen LogP contribution in [0.4, 0.5) is 15.6 Å². The normalized spacial score (nSPS) is 10.7. The minimum Gasteiger partial charge on any atom is -0.465 e. The van der Waals surface area contributed by atoms with Gasteiger partial charge >= 0.3 is 6.09 Å². The summed E-state index contributed by atoms with van der Waals surface area (Å²) in [4.78, 5) is 42.8. The van der Waals surface area contributed by atoms with Crippen LogP contribution >= 0.6 is 11.3 Å². The van der Waals surface area contributed by atoms with Crippen LogP contribution in [-0.2, 0) is 28.9 Å². The molecule has 1 aromatic heterocycles. The Kier molecular flexibility index (Phi) is 8.28. The van der Waals surface area contributed by atoms with Gasteiger partial charge in [0.2, 0.25) is 11.8 Å². The van der Waals surface area contributed by atoms with Gasteiger partial charge in [-0.05, 0) is 37.0 Å². The first-order valence-electron chi connectivity index (χ1n) is 8.95. The number of amides is 3. The highest BCUT2D eigenvalue weighted by Gasteiger charge is 2.13. The van der Waals surface area contributed by atoms with Crippen LogP contribution in [-0.4, -0.2) is 41.4 Å². The summed E-state index contributed by atoms with van der Waals surface area (Å²) in [5.74, 6) is -0.226. The first-order chi connectivity index (χ1) is 13.9. The molecule has 0 bridgehead atoms. The molecule has 0 saturated heterocycles. The maximum Gasteiger partial charge on any atom is 0.409 e. The molecule has 0 aliphatic carbocycles. The van der Waals surface area contributed by atoms with Crippen molar-refractivity contribution in [2.24, 2.45) is 4.99 Å². The largest absolute Gasteiger partial charge is 0.465 e. The van der Waals surface area contributed by atoms with E-state index in [2.05, 4.69) is 25.9 Å². The number of carbonyl (C=O) groups excluding carboxylic acids is 2. The van der Waals surface area contributed by atoms with Gasteiger partial charge in [0.25, 0.3) is 0 Å². The lowest BCUT2D eigenvalue weighted by Crippen LogP contribution is -2.18. The maximum atomic E-state index is 11.6. The highest BCUT2D eigenvalue weighted by atomic mass is 32.1. The molecule has 0 aliphatic rings. The van der Waals surface area contributed by atoms with E-state index in [4.69, 9.17) is 5.11 Å². The molecular formula is C19H23N5O4S. The second-order valence-electron chi connectivity index (χ2n) is 6.12. The van der Waals surface area contributed by atoms with Crippen LogP contribution < -0.4 is 16.0 Å². The molecular weight excluding hydrogens is 394 g/mol. The number of thiazole rings is 1. The van der Waals surface area contributed by atoms with Gasteiger partial charge < -0.3 is 15.7 Å². The number of nitrogens with one attached hydrogen (secondary N) is 3. The minimum absolute atomic E-state index is 0.0426. The molecule has 0 aliphatic heterocycles. The Bertz CT molecular complexity index is 893. The lowest BCUT2D eigenvalue weighted by Gasteiger charge is -2.04. The van der Waals surface area contributed by atoms with Gasteiger partial charge in [-0.2, -0.15) is 0 Å². The van der Waals surface area contributed by atoms with Crippen LogP contribution in [0.2, 0.25) is 0 Å². The topological polar surface area (TPSA) is 133 Å². The van der Waals surface area contributed by atoms with E-state index in [0.29, 0.717) is 30.1 Å². The summed E-state index contributed by atoms with van der Waals surface area (Å²) < 4.78 is 0. The van der Waals surface area contributed by atoms with E-state index in [1.165, 1.54) is 18.3 Å². The van der Waals surface area contributed by atoms with Gasteiger partial charge in [-0.1, -0.05) is 12.1 Å². The molecule has 2 rings (SSSR count). The summed E-state index contributed by atoms with van der Waals surface area (Å²) in [5, 5.41) is 16.4. The fourth-order valence-electron chi connectivity index (χ4n) is 2.50. The summed E-state index contributed by atoms with van der Waals surface area (Å²) in [7, 11) is 1.60. The molecule has 4 N–H and O–H groups in total. The van der Waals surface area contributed by atoms with E-state index in [-0.39, 0.29) is 11.8 Å². The Labute approximate surface area is 172 Å². The molecule has 0 unspecified atom stereocenters. The van der Waals surface area contributed by atoms with E-state index in [9.17, 15) is 14.4 Å². The molecule has 0 spiro atoms. The summed E-state index contributed by atoms with van der Waals surface area (Å²) in [6.07, 6.45) is 2.28. The number of aryl methyl sites for hydroxylation is 3. The summed E-state index contributed by atoms with van der Waals surface area (Å²) in [6, 6.07) is 7.43. The van der Waals surface area contributed by atoms with E-state index in [1.807, 2.05) is 12.1 Å². The third-order valence-corrected chi connectivity index (χ3v) is 4.98. The van der Waals surface area contributed by atoms with E-state index in [0.717, 1.165) is 28.9 Å². The van der Waals surface area contributed by atoms with Crippen molar-refractivity contribution in [2.45, 2.75) is 32.6 Å². The van der Waals surface area contributed by atoms with Crippen LogP contribution in [0.25, 0.3) is 0 Å². The van der Waals surface area contributed by atoms with Gasteiger partial charge in [0.1, 0.15) is 0 Å². The average Bonchev–Trinajstić information content (AvgIpc) is 3.06. The highest BCUT2D eigenvalue weighted by molar-refractivity contribution is 7.15. The molecule has 29 heavy (non-hydrogen) atoms. The number of anilines is 1. The summed E-state index contributed by atoms with van der Waals surface area (Å²) in [5.41, 5.74) is 2.58. The number of rotatable bonds is 9. The molecule has 0 fully saturated rings. The Morgan fingerprint density at radius 2 is 1.90 bits per heavy atom. The first kappa shape index (κ1) is 22.0. The van der Waals surface area contributed by atoms with Crippen molar-refractivity contribution in [2.75, 3.05) is 12.4 Å². The molecule has 154 valence electrons. The van der Waals surface area contributed by atoms with Crippen LogP contribution in [0.5, 0.6) is 0 Å². The third-order valence-electron chi connectivity index (χ3n) is 3.91. The third kappa shape index (κ3) is 7.70. The smallest absolute Gasteiger partial charge is 0.409 e. The Morgan fingerprint density at radius 3 is 2.52 bits per heavy atom. The van der Waals surface area contributed by atoms with Crippen molar-refractivity contribution in [1.82, 2.24) is 15.6 Å².